The summed E-state index contributed by atoms with van der Waals surface area (Å²) in [6.45, 7) is 5.24. The summed E-state index contributed by atoms with van der Waals surface area (Å²) in [6, 6.07) is 31.0. The van der Waals surface area contributed by atoms with Gasteiger partial charge in [-0.1, -0.05) is 54.6 Å². The summed E-state index contributed by atoms with van der Waals surface area (Å²) in [4.78, 5) is 61.1. The van der Waals surface area contributed by atoms with Crippen LogP contribution in [-0.2, 0) is 44.2 Å². The number of anilines is 1. The van der Waals surface area contributed by atoms with Crippen molar-refractivity contribution in [3.05, 3.63) is 142 Å². The Labute approximate surface area is 328 Å². The summed E-state index contributed by atoms with van der Waals surface area (Å²) in [6.07, 6.45) is 1.87. The van der Waals surface area contributed by atoms with Crippen molar-refractivity contribution in [3.8, 4) is 17.0 Å². The van der Waals surface area contributed by atoms with Crippen LogP contribution < -0.4 is 9.64 Å². The van der Waals surface area contributed by atoms with Gasteiger partial charge in [0.15, 0.2) is 0 Å². The van der Waals surface area contributed by atoms with Crippen LogP contribution in [0, 0.1) is 6.92 Å². The van der Waals surface area contributed by atoms with Gasteiger partial charge in [0, 0.05) is 88.5 Å². The maximum atomic E-state index is 14.8. The Bertz CT molecular complexity index is 2290. The predicted molar refractivity (Wildman–Crippen MR) is 218 cm³/mol. The zero-order chi connectivity index (χ0) is 39.7. The van der Waals surface area contributed by atoms with Crippen molar-refractivity contribution in [2.24, 2.45) is 7.05 Å². The Kier molecular flexibility index (Phi) is 10.8. The van der Waals surface area contributed by atoms with E-state index in [1.165, 1.54) is 5.56 Å². The molecule has 0 radical (unpaired) electrons. The number of para-hydroxylation sites is 1. The number of aromatic nitrogens is 1. The molecule has 10 nitrogen and oxygen atoms in total. The van der Waals surface area contributed by atoms with Crippen LogP contribution in [0.15, 0.2) is 97.1 Å². The van der Waals surface area contributed by atoms with Crippen molar-refractivity contribution >= 4 is 29.5 Å². The Morgan fingerprint density at radius 2 is 1.48 bits per heavy atom. The van der Waals surface area contributed by atoms with Crippen LogP contribution in [0.1, 0.15) is 67.6 Å². The minimum absolute atomic E-state index is 0.0283. The maximum absolute atomic E-state index is 14.8. The number of carbonyl (C=O) groups is 4. The number of aryl methyl sites for hydroxylation is 1. The molecule has 10 heteroatoms. The molecule has 0 unspecified atom stereocenters. The average molecular weight is 752 g/mol. The van der Waals surface area contributed by atoms with Gasteiger partial charge in [-0.05, 0) is 103 Å². The molecule has 0 aliphatic carbocycles. The topological polar surface area (TPSA) is 95.4 Å². The molecule has 4 amide bonds. The van der Waals surface area contributed by atoms with Crippen molar-refractivity contribution in [2.75, 3.05) is 32.6 Å². The molecule has 7 rings (SSSR count). The van der Waals surface area contributed by atoms with Gasteiger partial charge in [0.1, 0.15) is 5.75 Å². The molecule has 4 aromatic carbocycles. The van der Waals surface area contributed by atoms with Gasteiger partial charge in [-0.2, -0.15) is 0 Å². The Balaban J connectivity index is 1.19. The number of amides is 4. The third kappa shape index (κ3) is 7.69. The molecule has 288 valence electrons. The van der Waals surface area contributed by atoms with Crippen molar-refractivity contribution in [1.29, 1.82) is 0 Å². The molecule has 2 aliphatic heterocycles. The number of fused-ring (bicyclic) bond motifs is 2. The number of rotatable bonds is 8. The number of ether oxygens (including phenoxy) is 1. The lowest BCUT2D eigenvalue weighted by atomic mass is 9.90. The molecular weight excluding hydrogens is 703 g/mol. The number of hydrogen-bond acceptors (Lipinski definition) is 5. The molecule has 3 heterocycles. The van der Waals surface area contributed by atoms with Gasteiger partial charge in [-0.3, -0.25) is 14.4 Å². The first kappa shape index (κ1) is 38.1. The summed E-state index contributed by atoms with van der Waals surface area (Å²) in [5.74, 6) is 0.260. The normalized spacial score (nSPS) is 14.8. The third-order valence-corrected chi connectivity index (χ3v) is 11.4. The number of benzene rings is 4. The van der Waals surface area contributed by atoms with E-state index in [9.17, 15) is 19.2 Å². The Morgan fingerprint density at radius 1 is 0.786 bits per heavy atom. The van der Waals surface area contributed by atoms with Crippen molar-refractivity contribution in [1.82, 2.24) is 19.3 Å². The Morgan fingerprint density at radius 3 is 2.20 bits per heavy atom. The van der Waals surface area contributed by atoms with E-state index in [2.05, 4.69) is 25.1 Å². The smallest absolute Gasteiger partial charge is 0.410 e. The summed E-state index contributed by atoms with van der Waals surface area (Å²) in [7, 11) is 7.19. The highest BCUT2D eigenvalue weighted by Gasteiger charge is 2.32. The SMILES string of the molecule is Cc1c(C(=O)N(C)c2ccccc2)cc(-c2cc3c(cc2C(=O)N2Cc4ccccc4C[C@H]2C)CN(C(=O)Oc2ccc(CCC(=O)N(C)C)cc2)CC3)n1C. The molecular formula is C46H49N5O5. The fourth-order valence-corrected chi connectivity index (χ4v) is 7.75. The fourth-order valence-electron chi connectivity index (χ4n) is 7.75. The summed E-state index contributed by atoms with van der Waals surface area (Å²) in [5, 5.41) is 0. The van der Waals surface area contributed by atoms with Crippen LogP contribution in [0.5, 0.6) is 5.75 Å². The average Bonchev–Trinajstić information content (AvgIpc) is 3.51. The molecule has 5 aromatic rings. The molecule has 0 N–H and O–H groups in total. The molecule has 0 bridgehead atoms. The van der Waals surface area contributed by atoms with E-state index < -0.39 is 6.09 Å². The highest BCUT2D eigenvalue weighted by Crippen LogP contribution is 2.36. The largest absolute Gasteiger partial charge is 0.415 e. The summed E-state index contributed by atoms with van der Waals surface area (Å²) < 4.78 is 7.80. The van der Waals surface area contributed by atoms with E-state index in [1.54, 1.807) is 48.0 Å². The number of nitrogens with zero attached hydrogens (tertiary/aromatic N) is 5. The van der Waals surface area contributed by atoms with Crippen LogP contribution in [0.25, 0.3) is 11.3 Å². The molecule has 0 fully saturated rings. The molecule has 1 atom stereocenters. The number of carbonyl (C=O) groups excluding carboxylic acids is 4. The van der Waals surface area contributed by atoms with E-state index >= 15 is 0 Å². The van der Waals surface area contributed by atoms with Gasteiger partial charge in [-0.15, -0.1) is 0 Å². The second kappa shape index (κ2) is 15.9. The highest BCUT2D eigenvalue weighted by molar-refractivity contribution is 6.08. The van der Waals surface area contributed by atoms with Gasteiger partial charge in [0.25, 0.3) is 11.8 Å². The first-order valence-corrected chi connectivity index (χ1v) is 19.2. The van der Waals surface area contributed by atoms with Crippen LogP contribution in [-0.4, -0.2) is 76.8 Å². The van der Waals surface area contributed by atoms with E-state index in [4.69, 9.17) is 4.74 Å². The lowest BCUT2D eigenvalue weighted by Gasteiger charge is -2.36. The van der Waals surface area contributed by atoms with Gasteiger partial charge in [0.2, 0.25) is 5.91 Å². The van der Waals surface area contributed by atoms with Gasteiger partial charge >= 0.3 is 6.09 Å². The third-order valence-electron chi connectivity index (χ3n) is 11.4. The maximum Gasteiger partial charge on any atom is 0.415 e. The molecule has 2 aliphatic rings. The highest BCUT2D eigenvalue weighted by atomic mass is 16.6. The second-order valence-corrected chi connectivity index (χ2v) is 15.2. The lowest BCUT2D eigenvalue weighted by Crippen LogP contribution is -2.43. The number of hydrogen-bond donors (Lipinski definition) is 0. The van der Waals surface area contributed by atoms with Crippen LogP contribution in [0.3, 0.4) is 0 Å². The molecule has 0 saturated heterocycles. The van der Waals surface area contributed by atoms with Gasteiger partial charge in [-0.25, -0.2) is 4.79 Å². The van der Waals surface area contributed by atoms with Crippen LogP contribution >= 0.6 is 0 Å². The first-order valence-electron chi connectivity index (χ1n) is 19.2. The Hall–Kier alpha value is -6.16. The zero-order valence-corrected chi connectivity index (χ0v) is 33.0. The van der Waals surface area contributed by atoms with Crippen molar-refractivity contribution < 1.29 is 23.9 Å². The van der Waals surface area contributed by atoms with E-state index in [-0.39, 0.29) is 30.3 Å². The van der Waals surface area contributed by atoms with E-state index in [1.807, 2.05) is 90.2 Å². The zero-order valence-electron chi connectivity index (χ0n) is 33.0. The summed E-state index contributed by atoms with van der Waals surface area (Å²) in [5.41, 5.74) is 9.52. The second-order valence-electron chi connectivity index (χ2n) is 15.2. The first-order chi connectivity index (χ1) is 26.9. The molecule has 56 heavy (non-hydrogen) atoms. The molecule has 0 spiro atoms. The lowest BCUT2D eigenvalue weighted by molar-refractivity contribution is -0.128. The van der Waals surface area contributed by atoms with Crippen LogP contribution in [0.4, 0.5) is 10.5 Å². The fraction of sp³-hybridized carbons (Fsp3) is 0.304. The van der Waals surface area contributed by atoms with Crippen molar-refractivity contribution in [3.63, 3.8) is 0 Å². The minimum Gasteiger partial charge on any atom is -0.410 e. The molecule has 1 aromatic heterocycles. The van der Waals surface area contributed by atoms with Crippen molar-refractivity contribution in [2.45, 2.75) is 58.7 Å². The van der Waals surface area contributed by atoms with E-state index in [0.717, 1.165) is 51.3 Å². The van der Waals surface area contributed by atoms with Gasteiger partial charge < -0.3 is 28.9 Å². The van der Waals surface area contributed by atoms with E-state index in [0.29, 0.717) is 49.2 Å². The quantitative estimate of drug-likeness (QED) is 0.164. The summed E-state index contributed by atoms with van der Waals surface area (Å²) >= 11 is 0. The van der Waals surface area contributed by atoms with Gasteiger partial charge in [0.05, 0.1) is 5.56 Å². The van der Waals surface area contributed by atoms with Crippen LogP contribution in [0.2, 0.25) is 0 Å². The monoisotopic (exact) mass is 751 g/mol. The minimum atomic E-state index is -0.465. The molecule has 0 saturated carbocycles. The predicted octanol–water partition coefficient (Wildman–Crippen LogP) is 7.44. The standard InChI is InChI=1S/C46H49N5O5/c1-30-24-33-12-10-11-13-35(33)29-51(30)45(54)41-26-36-28-50(46(55)56-38-19-16-32(17-20-38)18-21-43(52)47(3)4)23-22-34(36)25-40(41)42-27-39(31(2)48(42)5)44(53)49(6)37-14-8-7-9-15-37/h7-17,19-20,25-27,30H,18,21-24,28-29H2,1-6H3/t30-/m1/s1.